The molecule has 2 aliphatic heterocycles. The number of aliphatic carboxylic acids is 1. The van der Waals surface area contributed by atoms with Crippen molar-refractivity contribution in [3.63, 3.8) is 0 Å². The van der Waals surface area contributed by atoms with Crippen LogP contribution < -0.4 is 0 Å². The first-order valence-corrected chi connectivity index (χ1v) is 15.1. The summed E-state index contributed by atoms with van der Waals surface area (Å²) in [6.45, 7) is 4.75. The number of fused-ring (bicyclic) bond motifs is 2. The number of benzene rings is 1. The predicted octanol–water partition coefficient (Wildman–Crippen LogP) is 4.51. The quantitative estimate of drug-likeness (QED) is 0.404. The zero-order valence-electron chi connectivity index (χ0n) is 19.7. The van der Waals surface area contributed by atoms with E-state index in [1.54, 1.807) is 24.3 Å². The number of hydrogen-bond acceptors (Lipinski definition) is 5. The highest BCUT2D eigenvalue weighted by Gasteiger charge is 2.70. The topological polar surface area (TPSA) is 112 Å². The first-order chi connectivity index (χ1) is 16.4. The molecule has 2 heterocycles. The van der Waals surface area contributed by atoms with Crippen LogP contribution in [-0.2, 0) is 19.7 Å². The summed E-state index contributed by atoms with van der Waals surface area (Å²) in [4.78, 5) is 28.4. The summed E-state index contributed by atoms with van der Waals surface area (Å²) in [5.74, 6) is -0.903. The fourth-order valence-electron chi connectivity index (χ4n) is 7.07. The molecule has 4 unspecified atom stereocenters. The van der Waals surface area contributed by atoms with E-state index in [0.29, 0.717) is 49.4 Å². The second kappa shape index (κ2) is 8.52. The molecular weight excluding hydrogens is 510 g/mol. The highest BCUT2D eigenvalue weighted by molar-refractivity contribution is 8.25. The first-order valence-electron chi connectivity index (χ1n) is 11.9. The van der Waals surface area contributed by atoms with E-state index in [1.165, 1.54) is 0 Å². The van der Waals surface area contributed by atoms with Gasteiger partial charge in [0.05, 0.1) is 5.41 Å². The zero-order chi connectivity index (χ0) is 25.3. The smallest absolute Gasteiger partial charge is 0.325 e. The molecule has 4 aliphatic rings. The molecule has 0 spiro atoms. The molecule has 1 aromatic rings. The van der Waals surface area contributed by atoms with Crippen LogP contribution in [-0.4, -0.2) is 57.8 Å². The van der Waals surface area contributed by atoms with Gasteiger partial charge in [0.2, 0.25) is 0 Å². The van der Waals surface area contributed by atoms with E-state index in [9.17, 15) is 27.7 Å². The molecule has 2 aliphatic carbocycles. The van der Waals surface area contributed by atoms with Crippen molar-refractivity contribution < 1.29 is 27.7 Å². The summed E-state index contributed by atoms with van der Waals surface area (Å²) in [5.41, 5.74) is -0.0862. The third kappa shape index (κ3) is 3.69. The SMILES string of the molecule is CC1(C)C2CCC1(C(S1=CCC3=C1CCN([C@H](C(=O)O)c1ccccc1Cl)C3)S(=O)(=O)O)C(=O)C2. The van der Waals surface area contributed by atoms with Gasteiger partial charge in [-0.15, -0.1) is 10.5 Å². The molecule has 7 nitrogen and oxygen atoms in total. The van der Waals surface area contributed by atoms with Crippen LogP contribution in [0.2, 0.25) is 5.02 Å². The van der Waals surface area contributed by atoms with E-state index in [4.69, 9.17) is 11.6 Å². The molecule has 190 valence electrons. The van der Waals surface area contributed by atoms with Gasteiger partial charge >= 0.3 is 5.97 Å². The predicted molar refractivity (Wildman–Crippen MR) is 137 cm³/mol. The van der Waals surface area contributed by atoms with Crippen LogP contribution in [0.25, 0.3) is 0 Å². The lowest BCUT2D eigenvalue weighted by Gasteiger charge is -2.43. The number of carboxylic acid groups (broad SMARTS) is 1. The number of nitrogens with zero attached hydrogens (tertiary/aromatic N) is 1. The number of ketones is 1. The van der Waals surface area contributed by atoms with Crippen molar-refractivity contribution in [1.29, 1.82) is 0 Å². The van der Waals surface area contributed by atoms with Gasteiger partial charge in [0.25, 0.3) is 10.1 Å². The molecule has 35 heavy (non-hydrogen) atoms. The summed E-state index contributed by atoms with van der Waals surface area (Å²) < 4.78 is 35.2. The maximum absolute atomic E-state index is 13.3. The van der Waals surface area contributed by atoms with Crippen molar-refractivity contribution in [1.82, 2.24) is 4.90 Å². The Bertz CT molecular complexity index is 1290. The summed E-state index contributed by atoms with van der Waals surface area (Å²) in [6.07, 6.45) is 2.65. The van der Waals surface area contributed by atoms with Crippen LogP contribution in [0.15, 0.2) is 34.7 Å². The van der Waals surface area contributed by atoms with Crippen LogP contribution >= 0.6 is 22.1 Å². The molecule has 10 heteroatoms. The monoisotopic (exact) mass is 539 g/mol. The highest BCUT2D eigenvalue weighted by Crippen LogP contribution is 2.69. The van der Waals surface area contributed by atoms with Gasteiger partial charge in [-0.25, -0.2) is 0 Å². The Morgan fingerprint density at radius 1 is 1.29 bits per heavy atom. The molecule has 2 saturated carbocycles. The molecule has 2 bridgehead atoms. The van der Waals surface area contributed by atoms with Gasteiger partial charge < -0.3 is 5.11 Å². The molecule has 2 N–H and O–H groups in total. The van der Waals surface area contributed by atoms with E-state index in [-0.39, 0.29) is 11.7 Å². The van der Waals surface area contributed by atoms with E-state index in [1.807, 2.05) is 24.1 Å². The Hall–Kier alpha value is -1.52. The Labute approximate surface area is 213 Å². The lowest BCUT2D eigenvalue weighted by Crippen LogP contribution is -2.49. The number of rotatable bonds is 6. The van der Waals surface area contributed by atoms with E-state index in [0.717, 1.165) is 16.9 Å². The molecule has 2 fully saturated rings. The molecule has 0 aromatic heterocycles. The first kappa shape index (κ1) is 25.1. The van der Waals surface area contributed by atoms with Crippen molar-refractivity contribution in [2.24, 2.45) is 16.7 Å². The third-order valence-corrected chi connectivity index (χ3v) is 14.0. The second-order valence-corrected chi connectivity index (χ2v) is 14.9. The van der Waals surface area contributed by atoms with Crippen molar-refractivity contribution >= 4 is 49.3 Å². The standard InChI is InChI=1S/C25H30ClNO6S2/c1-24(2)16-7-10-25(24,20(28)13-16)23(35(31,32)33)34-12-9-15-14-27(11-8-19(15)34)21(22(29)30)17-5-3-4-6-18(17)26/h3-6,12,16,21,23H,7-11,13-14H2,1-2H3,(H,29,30)(H,31,32,33)/t16?,21-,23?,25?,34?/m0/s1. The average Bonchev–Trinajstić information content (AvgIpc) is 3.34. The number of carbonyl (C=O) groups is 2. The Balaban J connectivity index is 1.51. The molecule has 5 rings (SSSR count). The number of carboxylic acids is 1. The molecule has 1 aromatic carbocycles. The van der Waals surface area contributed by atoms with Gasteiger partial charge in [0.1, 0.15) is 16.4 Å². The van der Waals surface area contributed by atoms with Gasteiger partial charge in [-0.05, 0) is 59.1 Å². The molecule has 0 saturated heterocycles. The van der Waals surface area contributed by atoms with E-state index < -0.39 is 48.0 Å². The van der Waals surface area contributed by atoms with Gasteiger partial charge in [-0.2, -0.15) is 8.42 Å². The van der Waals surface area contributed by atoms with Crippen LogP contribution in [0, 0.1) is 16.7 Å². The highest BCUT2D eigenvalue weighted by atomic mass is 35.5. The summed E-state index contributed by atoms with van der Waals surface area (Å²) in [5, 5.41) is 12.4. The van der Waals surface area contributed by atoms with Gasteiger partial charge in [-0.3, -0.25) is 19.0 Å². The number of carbonyl (C=O) groups excluding carboxylic acids is 1. The Morgan fingerprint density at radius 2 is 2.00 bits per heavy atom. The zero-order valence-corrected chi connectivity index (χ0v) is 22.1. The normalized spacial score (nSPS) is 31.8. The largest absolute Gasteiger partial charge is 0.480 e. The molecular formula is C25H30ClNO6S2. The van der Waals surface area contributed by atoms with Gasteiger partial charge in [-0.1, -0.05) is 49.0 Å². The number of hydrogen-bond donors (Lipinski definition) is 2. The molecule has 0 radical (unpaired) electrons. The van der Waals surface area contributed by atoms with Crippen LogP contribution in [0.4, 0.5) is 0 Å². The second-order valence-electron chi connectivity index (χ2n) is 10.7. The Kier molecular flexibility index (Phi) is 6.12. The van der Waals surface area contributed by atoms with Gasteiger partial charge in [0.15, 0.2) is 0 Å². The number of Topliss-reactive ketones (excluding diaryl/α,β-unsaturated/α-hetero) is 1. The summed E-state index contributed by atoms with van der Waals surface area (Å²) in [6, 6.07) is 5.99. The van der Waals surface area contributed by atoms with Crippen LogP contribution in [0.5, 0.6) is 0 Å². The lowest BCUT2D eigenvalue weighted by atomic mass is 9.70. The van der Waals surface area contributed by atoms with Crippen molar-refractivity contribution in [2.75, 3.05) is 13.1 Å². The minimum atomic E-state index is -4.52. The lowest BCUT2D eigenvalue weighted by molar-refractivity contribution is -0.143. The third-order valence-electron chi connectivity index (χ3n) is 8.90. The molecule has 5 atom stereocenters. The maximum atomic E-state index is 13.3. The minimum Gasteiger partial charge on any atom is -0.480 e. The fraction of sp³-hybridized carbons (Fsp3) is 0.560. The summed E-state index contributed by atoms with van der Waals surface area (Å²) >= 11 is 6.32. The van der Waals surface area contributed by atoms with Crippen LogP contribution in [0.1, 0.15) is 57.6 Å². The average molecular weight is 540 g/mol. The van der Waals surface area contributed by atoms with Crippen molar-refractivity contribution in [3.8, 4) is 0 Å². The van der Waals surface area contributed by atoms with E-state index >= 15 is 0 Å². The Morgan fingerprint density at radius 3 is 2.57 bits per heavy atom. The fourth-order valence-corrected chi connectivity index (χ4v) is 12.8. The minimum absolute atomic E-state index is 0.0431. The van der Waals surface area contributed by atoms with Crippen molar-refractivity contribution in [3.05, 3.63) is 45.3 Å². The molecule has 0 amide bonds. The van der Waals surface area contributed by atoms with Gasteiger partial charge in [0, 0.05) is 24.5 Å². The van der Waals surface area contributed by atoms with Crippen LogP contribution in [0.3, 0.4) is 0 Å². The summed E-state index contributed by atoms with van der Waals surface area (Å²) in [7, 11) is -5.43. The van der Waals surface area contributed by atoms with E-state index in [2.05, 4.69) is 0 Å². The number of halogens is 1. The maximum Gasteiger partial charge on any atom is 0.325 e. The van der Waals surface area contributed by atoms with Crippen molar-refractivity contribution in [2.45, 2.75) is 56.6 Å².